The third-order valence-corrected chi connectivity index (χ3v) is 6.25. The predicted octanol–water partition coefficient (Wildman–Crippen LogP) is 3.08. The van der Waals surface area contributed by atoms with Crippen LogP contribution in [0.4, 0.5) is 5.69 Å². The largest absolute Gasteiger partial charge is 0.466 e. The van der Waals surface area contributed by atoms with Gasteiger partial charge in [-0.2, -0.15) is 8.42 Å². The molecule has 3 rings (SSSR count). The number of amides is 2. The van der Waals surface area contributed by atoms with Crippen molar-refractivity contribution in [1.29, 1.82) is 5.41 Å². The molecule has 0 unspecified atom stereocenters. The molecule has 3 aromatic carbocycles. The first-order valence-electron chi connectivity index (χ1n) is 12.8. The minimum atomic E-state index is -4.21. The Labute approximate surface area is 242 Å². The summed E-state index contributed by atoms with van der Waals surface area (Å²) in [5.74, 6) is -2.86. The van der Waals surface area contributed by atoms with E-state index >= 15 is 0 Å². The Morgan fingerprint density at radius 2 is 1.52 bits per heavy atom. The van der Waals surface area contributed by atoms with E-state index in [4.69, 9.17) is 15.9 Å². The highest BCUT2D eigenvalue weighted by Gasteiger charge is 2.23. The molecule has 0 atom stereocenters. The molecule has 0 aliphatic rings. The lowest BCUT2D eigenvalue weighted by Crippen LogP contribution is -2.25. The summed E-state index contributed by atoms with van der Waals surface area (Å²) < 4.78 is 33.0. The summed E-state index contributed by atoms with van der Waals surface area (Å²) in [7, 11) is -4.21. The Balaban J connectivity index is 1.93. The van der Waals surface area contributed by atoms with Crippen molar-refractivity contribution >= 4 is 45.4 Å². The van der Waals surface area contributed by atoms with Crippen LogP contribution in [0.3, 0.4) is 0 Å². The molecule has 0 radical (unpaired) electrons. The first-order chi connectivity index (χ1) is 19.9. The number of amidine groups is 1. The number of carbonyl (C=O) groups excluding carboxylic acids is 4. The zero-order chi connectivity index (χ0) is 30.9. The van der Waals surface area contributed by atoms with Crippen molar-refractivity contribution in [3.8, 4) is 11.1 Å². The van der Waals surface area contributed by atoms with E-state index in [0.717, 1.165) is 0 Å². The van der Waals surface area contributed by atoms with E-state index < -0.39 is 33.9 Å². The Bertz CT molecular complexity index is 1620. The molecule has 13 heteroatoms. The third kappa shape index (κ3) is 8.73. The van der Waals surface area contributed by atoms with Gasteiger partial charge in [-0.3, -0.25) is 19.8 Å². The lowest BCUT2D eigenvalue weighted by Gasteiger charge is -2.15. The van der Waals surface area contributed by atoms with Gasteiger partial charge in [-0.15, -0.1) is 0 Å². The van der Waals surface area contributed by atoms with Gasteiger partial charge < -0.3 is 25.3 Å². The molecule has 42 heavy (non-hydrogen) atoms. The van der Waals surface area contributed by atoms with E-state index in [2.05, 4.69) is 14.8 Å². The van der Waals surface area contributed by atoms with E-state index in [0.29, 0.717) is 23.9 Å². The molecule has 0 spiro atoms. The van der Waals surface area contributed by atoms with Gasteiger partial charge in [0.15, 0.2) is 0 Å². The summed E-state index contributed by atoms with van der Waals surface area (Å²) >= 11 is 0. The fourth-order valence-corrected chi connectivity index (χ4v) is 4.25. The van der Waals surface area contributed by atoms with Crippen LogP contribution in [-0.4, -0.2) is 57.4 Å². The van der Waals surface area contributed by atoms with Crippen LogP contribution < -0.4 is 16.4 Å². The maximum Gasteiger partial charge on any atom is 0.354 e. The number of hydrogen-bond acceptors (Lipinski definition) is 9. The molecule has 0 saturated heterocycles. The standard InChI is InChI=1S/C29H30N4O8S/c1-3-40-25(34)9-6-16-32-27(35)19-12-15-22(24(17-19)29(37)41-42(2,38)39)21-7-4-5-8-23(21)28(36)33-20-13-10-18(11-14-20)26(30)31/h4-5,7-8,10-15,17H,3,6,9,16H2,1-2H3,(H3,30,31)(H,32,35)(H,33,36). The van der Waals surface area contributed by atoms with Gasteiger partial charge in [0.05, 0.1) is 18.4 Å². The normalized spacial score (nSPS) is 10.8. The molecule has 0 saturated carbocycles. The van der Waals surface area contributed by atoms with Crippen LogP contribution in [0.1, 0.15) is 56.4 Å². The maximum atomic E-state index is 13.3. The van der Waals surface area contributed by atoms with Crippen molar-refractivity contribution in [3.05, 3.63) is 89.0 Å². The van der Waals surface area contributed by atoms with Crippen LogP contribution in [0.15, 0.2) is 66.7 Å². The predicted molar refractivity (Wildman–Crippen MR) is 156 cm³/mol. The molecule has 2 amide bonds. The average Bonchev–Trinajstić information content (AvgIpc) is 2.94. The number of nitrogen functional groups attached to an aromatic ring is 1. The SMILES string of the molecule is CCOC(=O)CCCNC(=O)c1ccc(-c2ccccc2C(=O)Nc2ccc(C(=N)N)cc2)c(C(=O)OS(C)(=O)=O)c1. The second-order valence-electron chi connectivity index (χ2n) is 8.99. The van der Waals surface area contributed by atoms with Crippen molar-refractivity contribution in [1.82, 2.24) is 5.32 Å². The van der Waals surface area contributed by atoms with Crippen molar-refractivity contribution in [3.63, 3.8) is 0 Å². The monoisotopic (exact) mass is 594 g/mol. The quantitative estimate of drug-likeness (QED) is 0.0801. The lowest BCUT2D eigenvalue weighted by molar-refractivity contribution is -0.143. The molecule has 3 aromatic rings. The summed E-state index contributed by atoms with van der Waals surface area (Å²) in [6, 6.07) is 16.6. The zero-order valence-corrected chi connectivity index (χ0v) is 23.7. The van der Waals surface area contributed by atoms with Crippen LogP contribution in [0, 0.1) is 5.41 Å². The summed E-state index contributed by atoms with van der Waals surface area (Å²) in [6.07, 6.45) is 1.15. The number of anilines is 1. The van der Waals surface area contributed by atoms with Gasteiger partial charge in [0.2, 0.25) is 0 Å². The van der Waals surface area contributed by atoms with Gasteiger partial charge >= 0.3 is 22.1 Å². The summed E-state index contributed by atoms with van der Waals surface area (Å²) in [5.41, 5.74) is 6.73. The van der Waals surface area contributed by atoms with Gasteiger partial charge in [0, 0.05) is 35.3 Å². The van der Waals surface area contributed by atoms with E-state index in [1.165, 1.54) is 24.3 Å². The Kier molecular flexibility index (Phi) is 10.5. The Hall–Kier alpha value is -5.04. The molecule has 0 fully saturated rings. The van der Waals surface area contributed by atoms with Crippen LogP contribution in [-0.2, 0) is 23.8 Å². The van der Waals surface area contributed by atoms with E-state index in [1.807, 2.05) is 0 Å². The smallest absolute Gasteiger partial charge is 0.354 e. The fourth-order valence-electron chi connectivity index (χ4n) is 3.89. The Morgan fingerprint density at radius 3 is 2.17 bits per heavy atom. The minimum Gasteiger partial charge on any atom is -0.466 e. The number of nitrogens with one attached hydrogen (secondary N) is 3. The first-order valence-corrected chi connectivity index (χ1v) is 14.6. The van der Waals surface area contributed by atoms with Crippen LogP contribution >= 0.6 is 0 Å². The molecule has 0 aliphatic heterocycles. The number of rotatable bonds is 12. The summed E-state index contributed by atoms with van der Waals surface area (Å²) in [6.45, 7) is 2.09. The number of benzene rings is 3. The third-order valence-electron chi connectivity index (χ3n) is 5.79. The van der Waals surface area contributed by atoms with Crippen molar-refractivity contribution in [2.75, 3.05) is 24.7 Å². The molecular weight excluding hydrogens is 564 g/mol. The average molecular weight is 595 g/mol. The highest BCUT2D eigenvalue weighted by atomic mass is 32.2. The van der Waals surface area contributed by atoms with Crippen LogP contribution in [0.2, 0.25) is 0 Å². The lowest BCUT2D eigenvalue weighted by atomic mass is 9.93. The second-order valence-corrected chi connectivity index (χ2v) is 10.6. The number of ether oxygens (including phenoxy) is 1. The van der Waals surface area contributed by atoms with Gasteiger partial charge in [0.1, 0.15) is 5.84 Å². The molecule has 0 heterocycles. The van der Waals surface area contributed by atoms with E-state index in [1.54, 1.807) is 49.4 Å². The van der Waals surface area contributed by atoms with Crippen molar-refractivity contribution in [2.45, 2.75) is 19.8 Å². The molecule has 0 bridgehead atoms. The topological polar surface area (TPSA) is 195 Å². The molecule has 220 valence electrons. The van der Waals surface area contributed by atoms with E-state index in [9.17, 15) is 27.6 Å². The molecular formula is C29H30N4O8S. The van der Waals surface area contributed by atoms with Crippen molar-refractivity contribution < 1.29 is 36.5 Å². The highest BCUT2D eigenvalue weighted by Crippen LogP contribution is 2.30. The second kappa shape index (κ2) is 14.0. The van der Waals surface area contributed by atoms with Gasteiger partial charge in [0.25, 0.3) is 11.8 Å². The maximum absolute atomic E-state index is 13.3. The number of carbonyl (C=O) groups is 4. The van der Waals surface area contributed by atoms with Gasteiger partial charge in [-0.1, -0.05) is 24.3 Å². The highest BCUT2D eigenvalue weighted by molar-refractivity contribution is 7.86. The number of hydrogen-bond donors (Lipinski definition) is 4. The molecule has 0 aromatic heterocycles. The van der Waals surface area contributed by atoms with Crippen molar-refractivity contribution in [2.24, 2.45) is 5.73 Å². The van der Waals surface area contributed by atoms with E-state index in [-0.39, 0.29) is 53.2 Å². The van der Waals surface area contributed by atoms with Gasteiger partial charge in [-0.25, -0.2) is 4.79 Å². The first kappa shape index (κ1) is 31.5. The Morgan fingerprint density at radius 1 is 0.881 bits per heavy atom. The van der Waals surface area contributed by atoms with Gasteiger partial charge in [-0.05, 0) is 66.9 Å². The zero-order valence-electron chi connectivity index (χ0n) is 22.9. The summed E-state index contributed by atoms with van der Waals surface area (Å²) in [4.78, 5) is 50.5. The van der Waals surface area contributed by atoms with Crippen LogP contribution in [0.5, 0.6) is 0 Å². The molecule has 0 aliphatic carbocycles. The molecule has 12 nitrogen and oxygen atoms in total. The van der Waals surface area contributed by atoms with Crippen LogP contribution in [0.25, 0.3) is 11.1 Å². The number of nitrogens with two attached hydrogens (primary N) is 1. The summed E-state index contributed by atoms with van der Waals surface area (Å²) in [5, 5.41) is 12.9. The fraction of sp³-hybridized carbons (Fsp3) is 0.207. The molecule has 5 N–H and O–H groups in total. The number of esters is 1. The minimum absolute atomic E-state index is 0.0304.